The molecule has 1 aliphatic rings. The summed E-state index contributed by atoms with van der Waals surface area (Å²) in [5.41, 5.74) is 0.670. The molecule has 26 heavy (non-hydrogen) atoms. The summed E-state index contributed by atoms with van der Waals surface area (Å²) in [5.74, 6) is 1.26. The highest BCUT2D eigenvalue weighted by atomic mass is 16.6. The van der Waals surface area contributed by atoms with Crippen molar-refractivity contribution in [1.82, 2.24) is 15.0 Å². The Morgan fingerprint density at radius 2 is 2.04 bits per heavy atom. The zero-order chi connectivity index (χ0) is 18.5. The normalized spacial score (nSPS) is 14.0. The molecule has 3 rings (SSSR count). The molecule has 8 nitrogen and oxygen atoms in total. The van der Waals surface area contributed by atoms with Crippen molar-refractivity contribution in [2.24, 2.45) is 5.92 Å². The van der Waals surface area contributed by atoms with Gasteiger partial charge in [0.1, 0.15) is 0 Å². The first-order chi connectivity index (χ1) is 12.6. The first kappa shape index (κ1) is 18.0. The van der Waals surface area contributed by atoms with Crippen molar-refractivity contribution < 1.29 is 14.2 Å². The summed E-state index contributed by atoms with van der Waals surface area (Å²) in [5, 5.41) is 14.6. The summed E-state index contributed by atoms with van der Waals surface area (Å²) in [7, 11) is 0. The lowest BCUT2D eigenvalue weighted by Gasteiger charge is -2.31. The standard InChI is InChI=1S/C18H22N4O4/c1-2-11-21(18(23)14-4-3-5-14)12-10-16-19-17(20-26-16)13-6-8-15(9-7-13)22(24)25/h6-9,14H,2-5,10-12H2,1H3. The summed E-state index contributed by atoms with van der Waals surface area (Å²) < 4.78 is 5.27. The molecule has 1 amide bonds. The van der Waals surface area contributed by atoms with Crippen LogP contribution in [0.5, 0.6) is 0 Å². The number of rotatable bonds is 8. The number of non-ortho nitro benzene ring substituents is 1. The van der Waals surface area contributed by atoms with Crippen LogP contribution in [0.1, 0.15) is 38.5 Å². The van der Waals surface area contributed by atoms with Gasteiger partial charge in [-0.3, -0.25) is 14.9 Å². The van der Waals surface area contributed by atoms with Crippen molar-refractivity contribution in [3.63, 3.8) is 0 Å². The third kappa shape index (κ3) is 4.07. The zero-order valence-electron chi connectivity index (χ0n) is 14.8. The van der Waals surface area contributed by atoms with Crippen LogP contribution in [0.15, 0.2) is 28.8 Å². The van der Waals surface area contributed by atoms with Crippen LogP contribution in [0.3, 0.4) is 0 Å². The number of benzene rings is 1. The summed E-state index contributed by atoms with van der Waals surface area (Å²) in [6.07, 6.45) is 4.53. The van der Waals surface area contributed by atoms with E-state index in [0.717, 1.165) is 32.2 Å². The highest BCUT2D eigenvalue weighted by Gasteiger charge is 2.29. The maximum Gasteiger partial charge on any atom is 0.269 e. The van der Waals surface area contributed by atoms with Crippen LogP contribution >= 0.6 is 0 Å². The van der Waals surface area contributed by atoms with E-state index < -0.39 is 4.92 Å². The highest BCUT2D eigenvalue weighted by Crippen LogP contribution is 2.28. The molecule has 0 unspecified atom stereocenters. The van der Waals surface area contributed by atoms with Gasteiger partial charge >= 0.3 is 0 Å². The van der Waals surface area contributed by atoms with Gasteiger partial charge in [0.2, 0.25) is 17.6 Å². The van der Waals surface area contributed by atoms with Crippen molar-refractivity contribution >= 4 is 11.6 Å². The second-order valence-electron chi connectivity index (χ2n) is 6.52. The SMILES string of the molecule is CCCN(CCc1nc(-c2ccc([N+](=O)[O-])cc2)no1)C(=O)C1CCC1. The predicted octanol–water partition coefficient (Wildman–Crippen LogP) is 3.23. The van der Waals surface area contributed by atoms with Crippen molar-refractivity contribution in [1.29, 1.82) is 0 Å². The van der Waals surface area contributed by atoms with E-state index >= 15 is 0 Å². The van der Waals surface area contributed by atoms with Crippen molar-refractivity contribution in [2.75, 3.05) is 13.1 Å². The van der Waals surface area contributed by atoms with Crippen molar-refractivity contribution in [3.8, 4) is 11.4 Å². The highest BCUT2D eigenvalue weighted by molar-refractivity contribution is 5.79. The third-order valence-corrected chi connectivity index (χ3v) is 4.66. The molecule has 0 radical (unpaired) electrons. The molecule has 0 bridgehead atoms. The lowest BCUT2D eigenvalue weighted by Crippen LogP contribution is -2.40. The lowest BCUT2D eigenvalue weighted by atomic mass is 9.84. The van der Waals surface area contributed by atoms with Gasteiger partial charge in [0, 0.05) is 43.1 Å². The van der Waals surface area contributed by atoms with Crippen LogP contribution in [0.4, 0.5) is 5.69 Å². The third-order valence-electron chi connectivity index (χ3n) is 4.66. The average molecular weight is 358 g/mol. The lowest BCUT2D eigenvalue weighted by molar-refractivity contribution is -0.384. The number of amides is 1. The summed E-state index contributed by atoms with van der Waals surface area (Å²) in [4.78, 5) is 28.9. The molecule has 1 heterocycles. The molecule has 0 saturated heterocycles. The Morgan fingerprint density at radius 1 is 1.31 bits per heavy atom. The zero-order valence-corrected chi connectivity index (χ0v) is 14.8. The van der Waals surface area contributed by atoms with Gasteiger partial charge in [-0.2, -0.15) is 4.98 Å². The van der Waals surface area contributed by atoms with Gasteiger partial charge in [0.25, 0.3) is 5.69 Å². The second kappa shape index (κ2) is 8.07. The topological polar surface area (TPSA) is 102 Å². The molecule has 8 heteroatoms. The largest absolute Gasteiger partial charge is 0.342 e. The summed E-state index contributed by atoms with van der Waals surface area (Å²) in [6.45, 7) is 3.35. The van der Waals surface area contributed by atoms with Crippen LogP contribution in [0, 0.1) is 16.0 Å². The number of carbonyl (C=O) groups excluding carboxylic acids is 1. The Bertz CT molecular complexity index is 768. The summed E-state index contributed by atoms with van der Waals surface area (Å²) in [6, 6.07) is 6.00. The van der Waals surface area contributed by atoms with E-state index in [1.54, 1.807) is 12.1 Å². The van der Waals surface area contributed by atoms with Crippen LogP contribution in [0.25, 0.3) is 11.4 Å². The van der Waals surface area contributed by atoms with E-state index in [4.69, 9.17) is 4.52 Å². The van der Waals surface area contributed by atoms with Crippen LogP contribution in [0.2, 0.25) is 0 Å². The molecule has 1 aromatic heterocycles. The van der Waals surface area contributed by atoms with E-state index in [1.165, 1.54) is 12.1 Å². The molecule has 2 aromatic rings. The van der Waals surface area contributed by atoms with E-state index in [1.807, 2.05) is 4.90 Å². The molecule has 0 N–H and O–H groups in total. The monoisotopic (exact) mass is 358 g/mol. The fourth-order valence-corrected chi connectivity index (χ4v) is 2.95. The molecule has 0 spiro atoms. The maximum absolute atomic E-state index is 12.5. The summed E-state index contributed by atoms with van der Waals surface area (Å²) >= 11 is 0. The number of nitro groups is 1. The maximum atomic E-state index is 12.5. The number of aromatic nitrogens is 2. The van der Waals surface area contributed by atoms with Gasteiger partial charge in [0.15, 0.2) is 0 Å². The van der Waals surface area contributed by atoms with E-state index in [0.29, 0.717) is 30.2 Å². The smallest absolute Gasteiger partial charge is 0.269 e. The van der Waals surface area contributed by atoms with Gasteiger partial charge in [-0.15, -0.1) is 0 Å². The molecule has 0 aliphatic heterocycles. The van der Waals surface area contributed by atoms with E-state index in [-0.39, 0.29) is 17.5 Å². The number of carbonyl (C=O) groups is 1. The molecule has 138 valence electrons. The number of hydrogen-bond acceptors (Lipinski definition) is 6. The number of hydrogen-bond donors (Lipinski definition) is 0. The predicted molar refractivity (Wildman–Crippen MR) is 94.3 cm³/mol. The number of nitrogens with zero attached hydrogens (tertiary/aromatic N) is 4. The fraction of sp³-hybridized carbons (Fsp3) is 0.500. The van der Waals surface area contributed by atoms with Crippen LogP contribution < -0.4 is 0 Å². The quantitative estimate of drug-likeness (QED) is 0.530. The van der Waals surface area contributed by atoms with Gasteiger partial charge in [-0.25, -0.2) is 0 Å². The Kier molecular flexibility index (Phi) is 5.60. The van der Waals surface area contributed by atoms with Gasteiger partial charge in [-0.1, -0.05) is 18.5 Å². The average Bonchev–Trinajstić information content (AvgIpc) is 3.06. The molecular weight excluding hydrogens is 336 g/mol. The second-order valence-corrected chi connectivity index (χ2v) is 6.52. The minimum atomic E-state index is -0.452. The Hall–Kier alpha value is -2.77. The first-order valence-electron chi connectivity index (χ1n) is 8.94. The van der Waals surface area contributed by atoms with Crippen LogP contribution in [-0.2, 0) is 11.2 Å². The molecule has 1 aromatic carbocycles. The molecule has 1 aliphatic carbocycles. The Balaban J connectivity index is 1.61. The van der Waals surface area contributed by atoms with E-state index in [2.05, 4.69) is 17.1 Å². The Morgan fingerprint density at radius 3 is 2.62 bits per heavy atom. The van der Waals surface area contributed by atoms with Gasteiger partial charge in [-0.05, 0) is 31.4 Å². The van der Waals surface area contributed by atoms with Crippen molar-refractivity contribution in [3.05, 3.63) is 40.3 Å². The van der Waals surface area contributed by atoms with Gasteiger partial charge < -0.3 is 9.42 Å². The van der Waals surface area contributed by atoms with Crippen molar-refractivity contribution in [2.45, 2.75) is 39.0 Å². The Labute approximate surface area is 151 Å². The number of nitro benzene ring substituents is 1. The van der Waals surface area contributed by atoms with Crippen LogP contribution in [-0.4, -0.2) is 39.0 Å². The van der Waals surface area contributed by atoms with E-state index in [9.17, 15) is 14.9 Å². The minimum Gasteiger partial charge on any atom is -0.342 e. The minimum absolute atomic E-state index is 0.0159. The molecule has 1 fully saturated rings. The molecule has 1 saturated carbocycles. The molecule has 0 atom stereocenters. The fourth-order valence-electron chi connectivity index (χ4n) is 2.95. The first-order valence-corrected chi connectivity index (χ1v) is 8.94. The van der Waals surface area contributed by atoms with Gasteiger partial charge in [0.05, 0.1) is 4.92 Å². The molecular formula is C18H22N4O4.